The van der Waals surface area contributed by atoms with Gasteiger partial charge in [-0.3, -0.25) is 15.0 Å². The number of imide groups is 1. The summed E-state index contributed by atoms with van der Waals surface area (Å²) in [7, 11) is 0. The van der Waals surface area contributed by atoms with Crippen molar-refractivity contribution in [3.8, 4) is 0 Å². The molecule has 3 aliphatic rings. The lowest BCUT2D eigenvalue weighted by atomic mass is 9.75. The summed E-state index contributed by atoms with van der Waals surface area (Å²) in [5.41, 5.74) is 0. The molecule has 2 N–H and O–H groups in total. The number of amides is 3. The molecule has 2 saturated carbocycles. The molecule has 118 valence electrons. The Morgan fingerprint density at radius 3 is 2.48 bits per heavy atom. The molecule has 3 fully saturated rings. The summed E-state index contributed by atoms with van der Waals surface area (Å²) in [5, 5.41) is 5.29. The van der Waals surface area contributed by atoms with E-state index in [9.17, 15) is 9.59 Å². The van der Waals surface area contributed by atoms with Gasteiger partial charge in [-0.25, -0.2) is 4.79 Å². The van der Waals surface area contributed by atoms with Crippen LogP contribution in [0.15, 0.2) is 0 Å². The maximum atomic E-state index is 12.2. The second-order valence-electron chi connectivity index (χ2n) is 7.00. The van der Waals surface area contributed by atoms with Crippen LogP contribution in [0.4, 0.5) is 4.79 Å². The van der Waals surface area contributed by atoms with Gasteiger partial charge in [0.15, 0.2) is 0 Å². The maximum Gasteiger partial charge on any atom is 0.321 e. The SMILES string of the molecule is C[C@H](C(=O)NC(=O)NC1CC1)N1CC[C@@H]2CCCC[C@H]2C1. The van der Waals surface area contributed by atoms with Crippen LogP contribution >= 0.6 is 0 Å². The summed E-state index contributed by atoms with van der Waals surface area (Å²) in [5.74, 6) is 1.45. The molecule has 0 aromatic rings. The summed E-state index contributed by atoms with van der Waals surface area (Å²) < 4.78 is 0. The second-order valence-corrected chi connectivity index (χ2v) is 7.00. The maximum absolute atomic E-state index is 12.2. The number of urea groups is 1. The Bertz CT molecular complexity index is 408. The molecule has 0 spiro atoms. The van der Waals surface area contributed by atoms with Gasteiger partial charge in [0.1, 0.15) is 0 Å². The van der Waals surface area contributed by atoms with Crippen LogP contribution in [0.25, 0.3) is 0 Å². The zero-order valence-electron chi connectivity index (χ0n) is 12.9. The van der Waals surface area contributed by atoms with Crippen LogP contribution in [0.5, 0.6) is 0 Å². The minimum absolute atomic E-state index is 0.164. The summed E-state index contributed by atoms with van der Waals surface area (Å²) in [6.07, 6.45) is 8.65. The predicted octanol–water partition coefficient (Wildman–Crippen LogP) is 1.88. The molecule has 1 saturated heterocycles. The molecule has 3 atom stereocenters. The van der Waals surface area contributed by atoms with Gasteiger partial charge < -0.3 is 5.32 Å². The Labute approximate surface area is 126 Å². The average molecular weight is 293 g/mol. The van der Waals surface area contributed by atoms with E-state index in [1.54, 1.807) is 0 Å². The Kier molecular flexibility index (Phi) is 4.48. The third-order valence-corrected chi connectivity index (χ3v) is 5.40. The van der Waals surface area contributed by atoms with Crippen molar-refractivity contribution >= 4 is 11.9 Å². The molecule has 3 rings (SSSR count). The van der Waals surface area contributed by atoms with E-state index in [-0.39, 0.29) is 24.0 Å². The fraction of sp³-hybridized carbons (Fsp3) is 0.875. The summed E-state index contributed by atoms with van der Waals surface area (Å²) in [6, 6.07) is -0.258. The first-order valence-electron chi connectivity index (χ1n) is 8.49. The Hall–Kier alpha value is -1.10. The summed E-state index contributed by atoms with van der Waals surface area (Å²) >= 11 is 0. The summed E-state index contributed by atoms with van der Waals surface area (Å²) in [4.78, 5) is 26.1. The largest absolute Gasteiger partial charge is 0.335 e. The smallest absolute Gasteiger partial charge is 0.321 e. The number of piperidine rings is 1. The Morgan fingerprint density at radius 1 is 1.05 bits per heavy atom. The van der Waals surface area contributed by atoms with Gasteiger partial charge in [-0.2, -0.15) is 0 Å². The van der Waals surface area contributed by atoms with Crippen molar-refractivity contribution < 1.29 is 9.59 Å². The highest BCUT2D eigenvalue weighted by molar-refractivity contribution is 5.97. The average Bonchev–Trinajstić information content (AvgIpc) is 3.29. The molecule has 5 nitrogen and oxygen atoms in total. The molecule has 5 heteroatoms. The first-order valence-corrected chi connectivity index (χ1v) is 8.49. The van der Waals surface area contributed by atoms with Gasteiger partial charge in [0.25, 0.3) is 0 Å². The molecular formula is C16H27N3O2. The van der Waals surface area contributed by atoms with Gasteiger partial charge >= 0.3 is 6.03 Å². The molecule has 0 aromatic carbocycles. The highest BCUT2D eigenvalue weighted by atomic mass is 16.2. The van der Waals surface area contributed by atoms with Crippen LogP contribution in [0.3, 0.4) is 0 Å². The van der Waals surface area contributed by atoms with Crippen LogP contribution in [-0.2, 0) is 4.79 Å². The highest BCUT2D eigenvalue weighted by Gasteiger charge is 2.35. The number of fused-ring (bicyclic) bond motifs is 1. The van der Waals surface area contributed by atoms with Crippen molar-refractivity contribution in [1.29, 1.82) is 0 Å². The van der Waals surface area contributed by atoms with Crippen molar-refractivity contribution in [3.63, 3.8) is 0 Å². The molecule has 1 aliphatic heterocycles. The van der Waals surface area contributed by atoms with Gasteiger partial charge in [0, 0.05) is 12.6 Å². The van der Waals surface area contributed by atoms with Gasteiger partial charge in [-0.05, 0) is 51.0 Å². The van der Waals surface area contributed by atoms with E-state index in [1.165, 1.54) is 32.1 Å². The lowest BCUT2D eigenvalue weighted by Crippen LogP contribution is -2.53. The minimum Gasteiger partial charge on any atom is -0.335 e. The summed E-state index contributed by atoms with van der Waals surface area (Å²) in [6.45, 7) is 3.92. The lowest BCUT2D eigenvalue weighted by molar-refractivity contribution is -0.126. The zero-order valence-corrected chi connectivity index (χ0v) is 12.9. The molecule has 0 aromatic heterocycles. The fourth-order valence-electron chi connectivity index (χ4n) is 3.81. The predicted molar refractivity (Wildman–Crippen MR) is 80.8 cm³/mol. The normalized spacial score (nSPS) is 31.1. The van der Waals surface area contributed by atoms with Crippen LogP contribution in [0, 0.1) is 11.8 Å². The molecule has 21 heavy (non-hydrogen) atoms. The zero-order chi connectivity index (χ0) is 14.8. The quantitative estimate of drug-likeness (QED) is 0.835. The van der Waals surface area contributed by atoms with E-state index in [0.717, 1.165) is 37.8 Å². The first kappa shape index (κ1) is 14.8. The molecular weight excluding hydrogens is 266 g/mol. The van der Waals surface area contributed by atoms with Crippen LogP contribution in [-0.4, -0.2) is 42.0 Å². The molecule has 1 heterocycles. The van der Waals surface area contributed by atoms with Gasteiger partial charge in [0.2, 0.25) is 5.91 Å². The standard InChI is InChI=1S/C16H27N3O2/c1-11(15(20)18-16(21)17-14-6-7-14)19-9-8-12-4-2-3-5-13(12)10-19/h11-14H,2-10H2,1H3,(H2,17,18,20,21)/t11-,12+,13+/m1/s1. The number of hydrogen-bond acceptors (Lipinski definition) is 3. The number of carbonyl (C=O) groups is 2. The topological polar surface area (TPSA) is 61.4 Å². The third-order valence-electron chi connectivity index (χ3n) is 5.40. The number of likely N-dealkylation sites (tertiary alicyclic amines) is 1. The Morgan fingerprint density at radius 2 is 1.76 bits per heavy atom. The highest BCUT2D eigenvalue weighted by Crippen LogP contribution is 2.36. The van der Waals surface area contributed by atoms with Crippen molar-refractivity contribution in [2.75, 3.05) is 13.1 Å². The van der Waals surface area contributed by atoms with Gasteiger partial charge in [-0.15, -0.1) is 0 Å². The minimum atomic E-state index is -0.332. The third kappa shape index (κ3) is 3.76. The lowest BCUT2D eigenvalue weighted by Gasteiger charge is -2.43. The van der Waals surface area contributed by atoms with E-state index in [1.807, 2.05) is 6.92 Å². The van der Waals surface area contributed by atoms with Crippen molar-refractivity contribution in [2.45, 2.75) is 64.0 Å². The molecule has 0 radical (unpaired) electrons. The van der Waals surface area contributed by atoms with Crippen LogP contribution in [0.1, 0.15) is 51.9 Å². The molecule has 3 amide bonds. The molecule has 0 bridgehead atoms. The van der Waals surface area contributed by atoms with E-state index in [0.29, 0.717) is 0 Å². The number of carbonyl (C=O) groups excluding carboxylic acids is 2. The number of rotatable bonds is 3. The van der Waals surface area contributed by atoms with Crippen LogP contribution in [0.2, 0.25) is 0 Å². The van der Waals surface area contributed by atoms with E-state index in [4.69, 9.17) is 0 Å². The van der Waals surface area contributed by atoms with Crippen molar-refractivity contribution in [1.82, 2.24) is 15.5 Å². The molecule has 2 aliphatic carbocycles. The van der Waals surface area contributed by atoms with E-state index >= 15 is 0 Å². The number of nitrogens with one attached hydrogen (secondary N) is 2. The number of nitrogens with zero attached hydrogens (tertiary/aromatic N) is 1. The fourth-order valence-corrected chi connectivity index (χ4v) is 3.81. The first-order chi connectivity index (χ1) is 10.1. The monoisotopic (exact) mass is 293 g/mol. The Balaban J connectivity index is 1.48. The van der Waals surface area contributed by atoms with E-state index in [2.05, 4.69) is 15.5 Å². The van der Waals surface area contributed by atoms with E-state index < -0.39 is 0 Å². The number of hydrogen-bond donors (Lipinski definition) is 2. The van der Waals surface area contributed by atoms with Crippen LogP contribution < -0.4 is 10.6 Å². The van der Waals surface area contributed by atoms with Gasteiger partial charge in [-0.1, -0.05) is 19.3 Å². The van der Waals surface area contributed by atoms with Gasteiger partial charge in [0.05, 0.1) is 6.04 Å². The molecule has 0 unspecified atom stereocenters. The second kappa shape index (κ2) is 6.34. The van der Waals surface area contributed by atoms with Crippen molar-refractivity contribution in [2.24, 2.45) is 11.8 Å². The van der Waals surface area contributed by atoms with Crippen molar-refractivity contribution in [3.05, 3.63) is 0 Å².